The van der Waals surface area contributed by atoms with Gasteiger partial charge in [0.05, 0.1) is 5.69 Å². The molecule has 1 aromatic heterocycles. The summed E-state index contributed by atoms with van der Waals surface area (Å²) in [7, 11) is 0. The Hall–Kier alpha value is -0.990. The van der Waals surface area contributed by atoms with Gasteiger partial charge in [0.2, 0.25) is 0 Å². The first-order chi connectivity index (χ1) is 9.38. The van der Waals surface area contributed by atoms with Gasteiger partial charge in [-0.2, -0.15) is 0 Å². The molecule has 20 heavy (non-hydrogen) atoms. The fraction of sp³-hybridized carbons (Fsp3) is 0.824. The number of imidazole rings is 1. The summed E-state index contributed by atoms with van der Waals surface area (Å²) in [6, 6.07) is 0.641. The number of hydrogen-bond acceptors (Lipinski definition) is 2. The van der Waals surface area contributed by atoms with E-state index in [4.69, 9.17) is 10.7 Å². The number of nitrogens with two attached hydrogens (primary N) is 1. The minimum absolute atomic E-state index is 0.444. The second-order valence-corrected chi connectivity index (χ2v) is 7.95. The van der Waals surface area contributed by atoms with E-state index in [0.717, 1.165) is 17.6 Å². The number of anilines is 1. The summed E-state index contributed by atoms with van der Waals surface area (Å²) in [5, 5.41) is 0. The number of aromatic nitrogens is 2. The minimum atomic E-state index is 0.444. The highest BCUT2D eigenvalue weighted by Gasteiger charge is 2.34. The highest BCUT2D eigenvalue weighted by molar-refractivity contribution is 5.42. The zero-order valence-corrected chi connectivity index (χ0v) is 13.4. The van der Waals surface area contributed by atoms with Gasteiger partial charge in [-0.25, -0.2) is 4.98 Å². The molecule has 0 aromatic carbocycles. The normalized spacial score (nSPS) is 27.8. The van der Waals surface area contributed by atoms with Crippen LogP contribution in [-0.2, 0) is 0 Å². The maximum absolute atomic E-state index is 6.40. The van der Waals surface area contributed by atoms with Crippen molar-refractivity contribution < 1.29 is 0 Å². The Morgan fingerprint density at radius 2 is 1.65 bits per heavy atom. The maximum Gasteiger partial charge on any atom is 0.127 e. The molecule has 0 bridgehead atoms. The summed E-state index contributed by atoms with van der Waals surface area (Å²) in [5.41, 5.74) is 8.04. The molecule has 0 atom stereocenters. The minimum Gasteiger partial charge on any atom is -0.384 e. The second kappa shape index (κ2) is 4.78. The summed E-state index contributed by atoms with van der Waals surface area (Å²) in [4.78, 5) is 4.82. The van der Waals surface area contributed by atoms with Crippen molar-refractivity contribution in [1.82, 2.24) is 9.55 Å². The quantitative estimate of drug-likeness (QED) is 0.867. The summed E-state index contributed by atoms with van der Waals surface area (Å²) < 4.78 is 2.28. The number of aryl methyl sites for hydroxylation is 1. The van der Waals surface area contributed by atoms with Gasteiger partial charge in [0.1, 0.15) is 11.6 Å². The second-order valence-electron chi connectivity index (χ2n) is 7.95. The number of rotatable bonds is 2. The molecule has 3 rings (SSSR count). The van der Waals surface area contributed by atoms with E-state index in [1.165, 1.54) is 44.2 Å². The molecule has 2 aliphatic rings. The molecule has 2 fully saturated rings. The lowest BCUT2D eigenvalue weighted by Crippen LogP contribution is -2.25. The van der Waals surface area contributed by atoms with Crippen LogP contribution in [0.15, 0.2) is 0 Å². The van der Waals surface area contributed by atoms with E-state index in [1.807, 2.05) is 0 Å². The summed E-state index contributed by atoms with van der Waals surface area (Å²) in [5.74, 6) is 3.53. The van der Waals surface area contributed by atoms with Gasteiger partial charge >= 0.3 is 0 Å². The molecule has 0 aliphatic heterocycles. The third kappa shape index (κ3) is 2.47. The molecule has 0 amide bonds. The van der Waals surface area contributed by atoms with Gasteiger partial charge in [-0.1, -0.05) is 20.8 Å². The standard InChI is InChI=1S/C17H29N3/c1-11-19-15(16(18)20(11)14-9-10-14)12-5-7-13(8-6-12)17(2,3)4/h12-14H,5-10,18H2,1-4H3. The zero-order valence-electron chi connectivity index (χ0n) is 13.4. The van der Waals surface area contributed by atoms with Gasteiger partial charge in [0.15, 0.2) is 0 Å². The van der Waals surface area contributed by atoms with Gasteiger partial charge in [0.25, 0.3) is 0 Å². The van der Waals surface area contributed by atoms with Crippen LogP contribution in [0.3, 0.4) is 0 Å². The Kier molecular flexibility index (Phi) is 3.34. The highest BCUT2D eigenvalue weighted by Crippen LogP contribution is 2.46. The molecule has 3 heteroatoms. The Balaban J connectivity index is 1.74. The summed E-state index contributed by atoms with van der Waals surface area (Å²) >= 11 is 0. The molecule has 1 aromatic rings. The number of nitrogen functional groups attached to an aromatic ring is 1. The van der Waals surface area contributed by atoms with Gasteiger partial charge in [-0.3, -0.25) is 0 Å². The summed E-state index contributed by atoms with van der Waals surface area (Å²) in [6.45, 7) is 9.23. The average molecular weight is 275 g/mol. The third-order valence-electron chi connectivity index (χ3n) is 5.40. The van der Waals surface area contributed by atoms with Gasteiger partial charge in [-0.15, -0.1) is 0 Å². The monoisotopic (exact) mass is 275 g/mol. The molecular weight excluding hydrogens is 246 g/mol. The van der Waals surface area contributed by atoms with E-state index in [1.54, 1.807) is 0 Å². The van der Waals surface area contributed by atoms with Crippen molar-refractivity contribution in [2.24, 2.45) is 11.3 Å². The Bertz CT molecular complexity index is 483. The molecule has 2 aliphatic carbocycles. The van der Waals surface area contributed by atoms with E-state index in [-0.39, 0.29) is 0 Å². The predicted octanol–water partition coefficient (Wildman–Crippen LogP) is 4.43. The topological polar surface area (TPSA) is 43.8 Å². The van der Waals surface area contributed by atoms with E-state index in [9.17, 15) is 0 Å². The first kappa shape index (κ1) is 14.0. The SMILES string of the molecule is Cc1nc(C2CCC(C(C)(C)C)CC2)c(N)n1C1CC1. The molecule has 112 valence electrons. The van der Waals surface area contributed by atoms with Crippen molar-refractivity contribution >= 4 is 5.82 Å². The van der Waals surface area contributed by atoms with Crippen LogP contribution in [0.1, 0.15) is 82.8 Å². The first-order valence-corrected chi connectivity index (χ1v) is 8.22. The van der Waals surface area contributed by atoms with E-state index in [0.29, 0.717) is 17.4 Å². The lowest BCUT2D eigenvalue weighted by molar-refractivity contribution is 0.168. The predicted molar refractivity (Wildman–Crippen MR) is 83.8 cm³/mol. The van der Waals surface area contributed by atoms with E-state index >= 15 is 0 Å². The van der Waals surface area contributed by atoms with Crippen LogP contribution < -0.4 is 5.73 Å². The van der Waals surface area contributed by atoms with E-state index in [2.05, 4.69) is 32.3 Å². The van der Waals surface area contributed by atoms with Crippen LogP contribution in [0.4, 0.5) is 5.82 Å². The van der Waals surface area contributed by atoms with Crippen molar-refractivity contribution in [2.45, 2.75) is 78.2 Å². The zero-order chi connectivity index (χ0) is 14.5. The van der Waals surface area contributed by atoms with Crippen molar-refractivity contribution in [3.63, 3.8) is 0 Å². The average Bonchev–Trinajstić information content (AvgIpc) is 3.15. The molecule has 0 radical (unpaired) electrons. The number of nitrogens with zero attached hydrogens (tertiary/aromatic N) is 2. The molecule has 1 heterocycles. The Morgan fingerprint density at radius 3 is 2.15 bits per heavy atom. The fourth-order valence-electron chi connectivity index (χ4n) is 3.91. The maximum atomic E-state index is 6.40. The highest BCUT2D eigenvalue weighted by atomic mass is 15.2. The van der Waals surface area contributed by atoms with Crippen molar-refractivity contribution in [3.8, 4) is 0 Å². The van der Waals surface area contributed by atoms with Gasteiger partial charge in [-0.05, 0) is 56.8 Å². The van der Waals surface area contributed by atoms with Crippen molar-refractivity contribution in [1.29, 1.82) is 0 Å². The third-order valence-corrected chi connectivity index (χ3v) is 5.40. The van der Waals surface area contributed by atoms with Crippen LogP contribution >= 0.6 is 0 Å². The lowest BCUT2D eigenvalue weighted by atomic mass is 9.69. The van der Waals surface area contributed by atoms with Gasteiger partial charge in [0, 0.05) is 12.0 Å². The molecule has 0 unspecified atom stereocenters. The smallest absolute Gasteiger partial charge is 0.127 e. The van der Waals surface area contributed by atoms with Crippen LogP contribution in [0.5, 0.6) is 0 Å². The molecule has 2 N–H and O–H groups in total. The van der Waals surface area contributed by atoms with Crippen LogP contribution in [0.2, 0.25) is 0 Å². The van der Waals surface area contributed by atoms with Gasteiger partial charge < -0.3 is 10.3 Å². The largest absolute Gasteiger partial charge is 0.384 e. The van der Waals surface area contributed by atoms with Crippen LogP contribution in [0, 0.1) is 18.3 Å². The Labute approximate surface area is 123 Å². The molecule has 0 saturated heterocycles. The van der Waals surface area contributed by atoms with E-state index < -0.39 is 0 Å². The van der Waals surface area contributed by atoms with Crippen LogP contribution in [0.25, 0.3) is 0 Å². The molecule has 0 spiro atoms. The molecule has 3 nitrogen and oxygen atoms in total. The van der Waals surface area contributed by atoms with Crippen molar-refractivity contribution in [2.75, 3.05) is 5.73 Å². The van der Waals surface area contributed by atoms with Crippen LogP contribution in [-0.4, -0.2) is 9.55 Å². The fourth-order valence-corrected chi connectivity index (χ4v) is 3.91. The van der Waals surface area contributed by atoms with Crippen molar-refractivity contribution in [3.05, 3.63) is 11.5 Å². The lowest BCUT2D eigenvalue weighted by Gasteiger charge is -2.36. The molecule has 2 saturated carbocycles. The summed E-state index contributed by atoms with van der Waals surface area (Å²) in [6.07, 6.45) is 7.71. The Morgan fingerprint density at radius 1 is 1.05 bits per heavy atom. The molecular formula is C17H29N3. The number of hydrogen-bond donors (Lipinski definition) is 1. The first-order valence-electron chi connectivity index (χ1n) is 8.22.